The number of ketones is 1. The summed E-state index contributed by atoms with van der Waals surface area (Å²) in [6.45, 7) is 0. The van der Waals surface area contributed by atoms with E-state index in [2.05, 4.69) is 5.32 Å². The van der Waals surface area contributed by atoms with E-state index in [4.69, 9.17) is 0 Å². The van der Waals surface area contributed by atoms with Crippen LogP contribution in [0.4, 0.5) is 5.69 Å². The molecule has 0 aliphatic carbocycles. The number of hydrogen-bond donors (Lipinski definition) is 2. The summed E-state index contributed by atoms with van der Waals surface area (Å²) < 4.78 is 0. The first-order chi connectivity index (χ1) is 8.75. The van der Waals surface area contributed by atoms with Gasteiger partial charge in [0.25, 0.3) is 0 Å². The molecule has 0 radical (unpaired) electrons. The molecular weight excluding hydrogens is 226 g/mol. The van der Waals surface area contributed by atoms with Crippen LogP contribution in [0.25, 0.3) is 0 Å². The number of Topliss-reactive ketones (excluding diaryl/α,β-unsaturated/α-hetero) is 1. The lowest BCUT2D eigenvalue weighted by Gasteiger charge is -2.26. The molecule has 3 heteroatoms. The molecule has 0 spiro atoms. The van der Waals surface area contributed by atoms with Crippen LogP contribution in [0.5, 0.6) is 5.75 Å². The molecule has 2 aromatic carbocycles. The smallest absolute Gasteiger partial charge is 0.167 e. The number of para-hydroxylation sites is 2. The Balaban J connectivity index is 2.00. The highest BCUT2D eigenvalue weighted by molar-refractivity contribution is 6.03. The predicted molar refractivity (Wildman–Crippen MR) is 69.9 cm³/mol. The fourth-order valence-corrected chi connectivity index (χ4v) is 2.36. The molecule has 2 aromatic rings. The number of carbonyl (C=O) groups is 1. The van der Waals surface area contributed by atoms with E-state index in [0.717, 1.165) is 16.8 Å². The number of benzene rings is 2. The van der Waals surface area contributed by atoms with Crippen LogP contribution < -0.4 is 5.32 Å². The van der Waals surface area contributed by atoms with E-state index in [9.17, 15) is 9.90 Å². The molecule has 0 fully saturated rings. The summed E-state index contributed by atoms with van der Waals surface area (Å²) in [5, 5.41) is 13.1. The Bertz CT molecular complexity index is 607. The molecule has 0 amide bonds. The van der Waals surface area contributed by atoms with Gasteiger partial charge < -0.3 is 10.4 Å². The Morgan fingerprint density at radius 2 is 1.78 bits per heavy atom. The number of fused-ring (bicyclic) bond motifs is 1. The van der Waals surface area contributed by atoms with Gasteiger partial charge in [-0.2, -0.15) is 0 Å². The first kappa shape index (κ1) is 10.8. The normalized spacial score (nSPS) is 18.0. The monoisotopic (exact) mass is 239 g/mol. The highest BCUT2D eigenvalue weighted by Gasteiger charge is 2.26. The van der Waals surface area contributed by atoms with E-state index in [1.807, 2.05) is 36.4 Å². The summed E-state index contributed by atoms with van der Waals surface area (Å²) in [7, 11) is 0. The Labute approximate surface area is 105 Å². The molecule has 0 saturated carbocycles. The molecule has 18 heavy (non-hydrogen) atoms. The molecule has 0 bridgehead atoms. The van der Waals surface area contributed by atoms with Gasteiger partial charge in [0, 0.05) is 23.2 Å². The van der Waals surface area contributed by atoms with Crippen LogP contribution in [0.2, 0.25) is 0 Å². The summed E-state index contributed by atoms with van der Waals surface area (Å²) in [5.41, 5.74) is 2.33. The molecule has 0 saturated heterocycles. The van der Waals surface area contributed by atoms with Gasteiger partial charge in [-0.25, -0.2) is 0 Å². The van der Waals surface area contributed by atoms with Crippen molar-refractivity contribution in [1.29, 1.82) is 0 Å². The minimum absolute atomic E-state index is 0.109. The van der Waals surface area contributed by atoms with Gasteiger partial charge in [-0.3, -0.25) is 4.79 Å². The van der Waals surface area contributed by atoms with Crippen LogP contribution in [0, 0.1) is 0 Å². The van der Waals surface area contributed by atoms with Crippen LogP contribution in [-0.2, 0) is 0 Å². The third-order valence-electron chi connectivity index (χ3n) is 3.26. The van der Waals surface area contributed by atoms with Crippen molar-refractivity contribution >= 4 is 11.5 Å². The molecule has 3 rings (SSSR count). The first-order valence-corrected chi connectivity index (χ1v) is 5.92. The largest absolute Gasteiger partial charge is 0.508 e. The third-order valence-corrected chi connectivity index (χ3v) is 3.26. The van der Waals surface area contributed by atoms with Gasteiger partial charge in [0.15, 0.2) is 5.78 Å². The fraction of sp³-hybridized carbons (Fsp3) is 0.133. The number of rotatable bonds is 1. The highest BCUT2D eigenvalue weighted by Crippen LogP contribution is 2.35. The summed E-state index contributed by atoms with van der Waals surface area (Å²) in [4.78, 5) is 12.1. The first-order valence-electron chi connectivity index (χ1n) is 5.92. The minimum Gasteiger partial charge on any atom is -0.508 e. The van der Waals surface area contributed by atoms with E-state index in [0.29, 0.717) is 6.42 Å². The van der Waals surface area contributed by atoms with E-state index in [-0.39, 0.29) is 17.6 Å². The molecule has 1 aliphatic heterocycles. The maximum Gasteiger partial charge on any atom is 0.167 e. The van der Waals surface area contributed by atoms with Gasteiger partial charge >= 0.3 is 0 Å². The van der Waals surface area contributed by atoms with Crippen molar-refractivity contribution in [3.8, 4) is 5.75 Å². The van der Waals surface area contributed by atoms with Gasteiger partial charge in [-0.1, -0.05) is 30.3 Å². The standard InChI is InChI=1S/C15H13NO2/c17-14-8-4-2-6-11(14)13-9-15(18)10-5-1-3-7-12(10)16-13/h1-8,13,16-17H,9H2. The number of carbonyl (C=O) groups excluding carboxylic acids is 1. The topological polar surface area (TPSA) is 49.3 Å². The molecule has 1 atom stereocenters. The third kappa shape index (κ3) is 1.74. The second kappa shape index (κ2) is 4.18. The molecule has 2 N–H and O–H groups in total. The Kier molecular flexibility index (Phi) is 2.52. The zero-order chi connectivity index (χ0) is 12.5. The molecular formula is C15H13NO2. The number of phenols is 1. The van der Waals surface area contributed by atoms with Gasteiger partial charge in [0.05, 0.1) is 6.04 Å². The van der Waals surface area contributed by atoms with E-state index >= 15 is 0 Å². The number of nitrogens with one attached hydrogen (secondary N) is 1. The van der Waals surface area contributed by atoms with Gasteiger partial charge in [0.2, 0.25) is 0 Å². The summed E-state index contributed by atoms with van der Waals surface area (Å²) in [6, 6.07) is 14.4. The second-order valence-electron chi connectivity index (χ2n) is 4.43. The molecule has 3 nitrogen and oxygen atoms in total. The van der Waals surface area contributed by atoms with Crippen LogP contribution in [0.3, 0.4) is 0 Å². The Morgan fingerprint density at radius 3 is 2.61 bits per heavy atom. The van der Waals surface area contributed by atoms with Crippen molar-refractivity contribution in [3.05, 3.63) is 59.7 Å². The Hall–Kier alpha value is -2.29. The SMILES string of the molecule is O=C1CC(c2ccccc2O)Nc2ccccc21. The second-order valence-corrected chi connectivity index (χ2v) is 4.43. The average Bonchev–Trinajstić information content (AvgIpc) is 2.39. The average molecular weight is 239 g/mol. The molecule has 1 aliphatic rings. The van der Waals surface area contributed by atoms with E-state index in [1.165, 1.54) is 0 Å². The Morgan fingerprint density at radius 1 is 1.06 bits per heavy atom. The van der Waals surface area contributed by atoms with E-state index < -0.39 is 0 Å². The number of anilines is 1. The summed E-state index contributed by atoms with van der Waals surface area (Å²) in [5.74, 6) is 0.333. The minimum atomic E-state index is -0.159. The van der Waals surface area contributed by atoms with Gasteiger partial charge in [-0.15, -0.1) is 0 Å². The van der Waals surface area contributed by atoms with Crippen molar-refractivity contribution in [2.75, 3.05) is 5.32 Å². The zero-order valence-electron chi connectivity index (χ0n) is 9.76. The number of phenolic OH excluding ortho intramolecular Hbond substituents is 1. The quantitative estimate of drug-likeness (QED) is 0.803. The predicted octanol–water partition coefficient (Wildman–Crippen LogP) is 3.13. The zero-order valence-corrected chi connectivity index (χ0v) is 9.76. The van der Waals surface area contributed by atoms with Gasteiger partial charge in [0.1, 0.15) is 5.75 Å². The molecule has 90 valence electrons. The van der Waals surface area contributed by atoms with Crippen molar-refractivity contribution in [2.45, 2.75) is 12.5 Å². The number of aromatic hydroxyl groups is 1. The van der Waals surface area contributed by atoms with Crippen LogP contribution in [0.1, 0.15) is 28.4 Å². The lowest BCUT2D eigenvalue weighted by Crippen LogP contribution is -2.22. The summed E-state index contributed by atoms with van der Waals surface area (Å²) >= 11 is 0. The lowest BCUT2D eigenvalue weighted by molar-refractivity contribution is 0.0972. The maximum absolute atomic E-state index is 12.1. The van der Waals surface area contributed by atoms with Crippen LogP contribution >= 0.6 is 0 Å². The van der Waals surface area contributed by atoms with Crippen LogP contribution in [0.15, 0.2) is 48.5 Å². The van der Waals surface area contributed by atoms with Crippen molar-refractivity contribution in [3.63, 3.8) is 0 Å². The van der Waals surface area contributed by atoms with Crippen molar-refractivity contribution < 1.29 is 9.90 Å². The van der Waals surface area contributed by atoms with Gasteiger partial charge in [-0.05, 0) is 18.2 Å². The van der Waals surface area contributed by atoms with Crippen LogP contribution in [-0.4, -0.2) is 10.9 Å². The molecule has 0 aromatic heterocycles. The number of hydrogen-bond acceptors (Lipinski definition) is 3. The molecule has 1 heterocycles. The molecule has 1 unspecified atom stereocenters. The lowest BCUT2D eigenvalue weighted by atomic mass is 9.92. The van der Waals surface area contributed by atoms with E-state index in [1.54, 1.807) is 12.1 Å². The maximum atomic E-state index is 12.1. The summed E-state index contributed by atoms with van der Waals surface area (Å²) in [6.07, 6.45) is 0.370. The highest BCUT2D eigenvalue weighted by atomic mass is 16.3. The van der Waals surface area contributed by atoms with Crippen molar-refractivity contribution in [1.82, 2.24) is 0 Å². The van der Waals surface area contributed by atoms with Crippen molar-refractivity contribution in [2.24, 2.45) is 0 Å². The fourth-order valence-electron chi connectivity index (χ4n) is 2.36.